The van der Waals surface area contributed by atoms with Crippen LogP contribution in [0.15, 0.2) is 23.2 Å². The molecular weight excluding hydrogens is 368 g/mol. The lowest BCUT2D eigenvalue weighted by Crippen LogP contribution is -2.49. The Morgan fingerprint density at radius 2 is 1.97 bits per heavy atom. The second-order valence-corrected chi connectivity index (χ2v) is 8.11. The summed E-state index contributed by atoms with van der Waals surface area (Å²) in [5, 5.41) is 6.77. The van der Waals surface area contributed by atoms with Crippen molar-refractivity contribution in [3.05, 3.63) is 23.8 Å². The van der Waals surface area contributed by atoms with Crippen molar-refractivity contribution in [2.45, 2.75) is 51.6 Å². The maximum Gasteiger partial charge on any atom is 0.241 e. The lowest BCUT2D eigenvalue weighted by atomic mass is 9.86. The number of hydrogen-bond donors (Lipinski definition) is 2. The van der Waals surface area contributed by atoms with Gasteiger partial charge in [0.1, 0.15) is 0 Å². The smallest absolute Gasteiger partial charge is 0.241 e. The predicted molar refractivity (Wildman–Crippen MR) is 114 cm³/mol. The third-order valence-electron chi connectivity index (χ3n) is 5.60. The van der Waals surface area contributed by atoms with Crippen LogP contribution >= 0.6 is 0 Å². The molecule has 0 saturated heterocycles. The molecule has 3 rings (SSSR count). The van der Waals surface area contributed by atoms with Crippen LogP contribution in [-0.2, 0) is 11.3 Å². The van der Waals surface area contributed by atoms with Crippen molar-refractivity contribution in [3.8, 4) is 11.5 Å². The van der Waals surface area contributed by atoms with Gasteiger partial charge in [0.25, 0.3) is 0 Å². The summed E-state index contributed by atoms with van der Waals surface area (Å²) in [7, 11) is 3.52. The van der Waals surface area contributed by atoms with Crippen molar-refractivity contribution >= 4 is 11.9 Å². The Bertz CT molecular complexity index is 720. The summed E-state index contributed by atoms with van der Waals surface area (Å²) in [6.45, 7) is 4.27. The minimum absolute atomic E-state index is 0.0153. The Kier molecular flexibility index (Phi) is 7.61. The highest BCUT2D eigenvalue weighted by molar-refractivity contribution is 5.86. The van der Waals surface area contributed by atoms with Gasteiger partial charge in [0.05, 0.1) is 26.3 Å². The van der Waals surface area contributed by atoms with E-state index in [-0.39, 0.29) is 12.5 Å². The van der Waals surface area contributed by atoms with E-state index >= 15 is 0 Å². The fourth-order valence-corrected chi connectivity index (χ4v) is 3.72. The molecule has 2 N–H and O–H groups in total. The van der Waals surface area contributed by atoms with E-state index in [4.69, 9.17) is 14.5 Å². The molecule has 1 aliphatic heterocycles. The first kappa shape index (κ1) is 21.3. The average molecular weight is 403 g/mol. The van der Waals surface area contributed by atoms with Gasteiger partial charge in [-0.15, -0.1) is 0 Å². The molecule has 0 spiro atoms. The molecular formula is C22H34N4O3. The van der Waals surface area contributed by atoms with Crippen molar-refractivity contribution in [3.63, 3.8) is 0 Å². The van der Waals surface area contributed by atoms with E-state index in [0.29, 0.717) is 37.7 Å². The van der Waals surface area contributed by atoms with Gasteiger partial charge < -0.3 is 25.0 Å². The van der Waals surface area contributed by atoms with E-state index < -0.39 is 0 Å². The molecule has 1 aliphatic carbocycles. The molecule has 1 saturated carbocycles. The van der Waals surface area contributed by atoms with E-state index in [9.17, 15) is 4.79 Å². The van der Waals surface area contributed by atoms with Gasteiger partial charge in [-0.05, 0) is 24.8 Å². The SMILES string of the molecule is CC1CCCCC1NC(=NCc1cccc2c1OCCCO2)NCC(=O)N(C)C. The lowest BCUT2D eigenvalue weighted by Gasteiger charge is -2.31. The summed E-state index contributed by atoms with van der Waals surface area (Å²) in [6, 6.07) is 6.29. The summed E-state index contributed by atoms with van der Waals surface area (Å²) in [6.07, 6.45) is 5.73. The number of nitrogens with zero attached hydrogens (tertiary/aromatic N) is 2. The van der Waals surface area contributed by atoms with Gasteiger partial charge >= 0.3 is 0 Å². The number of hydrogen-bond acceptors (Lipinski definition) is 4. The Labute approximate surface area is 173 Å². The normalized spacial score (nSPS) is 21.8. The zero-order valence-electron chi connectivity index (χ0n) is 17.9. The fourth-order valence-electron chi connectivity index (χ4n) is 3.72. The zero-order chi connectivity index (χ0) is 20.6. The van der Waals surface area contributed by atoms with Gasteiger partial charge in [-0.1, -0.05) is 31.9 Å². The Hall–Kier alpha value is -2.44. The van der Waals surface area contributed by atoms with Crippen molar-refractivity contribution in [2.75, 3.05) is 33.9 Å². The molecule has 1 aromatic carbocycles. The zero-order valence-corrected chi connectivity index (χ0v) is 17.9. The Morgan fingerprint density at radius 3 is 2.76 bits per heavy atom. The van der Waals surface area contributed by atoms with Crippen LogP contribution in [0.25, 0.3) is 0 Å². The van der Waals surface area contributed by atoms with Crippen LogP contribution < -0.4 is 20.1 Å². The van der Waals surface area contributed by atoms with E-state index in [1.54, 1.807) is 19.0 Å². The van der Waals surface area contributed by atoms with Crippen LogP contribution in [0.4, 0.5) is 0 Å². The van der Waals surface area contributed by atoms with Crippen molar-refractivity contribution in [2.24, 2.45) is 10.9 Å². The van der Waals surface area contributed by atoms with E-state index in [1.165, 1.54) is 19.3 Å². The Morgan fingerprint density at radius 1 is 1.17 bits per heavy atom. The number of guanidine groups is 1. The van der Waals surface area contributed by atoms with Gasteiger partial charge in [0, 0.05) is 32.1 Å². The van der Waals surface area contributed by atoms with Gasteiger partial charge in [0.2, 0.25) is 5.91 Å². The quantitative estimate of drug-likeness (QED) is 0.585. The number of nitrogens with one attached hydrogen (secondary N) is 2. The minimum Gasteiger partial charge on any atom is -0.490 e. The van der Waals surface area contributed by atoms with Crippen LogP contribution in [0, 0.1) is 5.92 Å². The maximum absolute atomic E-state index is 12.1. The van der Waals surface area contributed by atoms with Gasteiger partial charge in [-0.25, -0.2) is 4.99 Å². The fraction of sp³-hybridized carbons (Fsp3) is 0.636. The highest BCUT2D eigenvalue weighted by atomic mass is 16.5. The number of fused-ring (bicyclic) bond motifs is 1. The molecule has 7 heteroatoms. The molecule has 2 unspecified atom stereocenters. The third kappa shape index (κ3) is 6.02. The summed E-state index contributed by atoms with van der Waals surface area (Å²) in [4.78, 5) is 18.4. The molecule has 0 bridgehead atoms. The van der Waals surface area contributed by atoms with Crippen LogP contribution in [0.2, 0.25) is 0 Å². The molecule has 0 radical (unpaired) electrons. The molecule has 2 atom stereocenters. The first-order valence-electron chi connectivity index (χ1n) is 10.7. The molecule has 160 valence electrons. The molecule has 2 aliphatic rings. The summed E-state index contributed by atoms with van der Waals surface area (Å²) in [5.74, 6) is 2.84. The first-order chi connectivity index (χ1) is 14.0. The molecule has 1 fully saturated rings. The number of carbonyl (C=O) groups is 1. The topological polar surface area (TPSA) is 75.2 Å². The number of para-hydroxylation sites is 1. The van der Waals surface area contributed by atoms with Crippen LogP contribution in [-0.4, -0.2) is 56.7 Å². The maximum atomic E-state index is 12.1. The van der Waals surface area contributed by atoms with Crippen molar-refractivity contribution in [1.29, 1.82) is 0 Å². The monoisotopic (exact) mass is 402 g/mol. The number of benzene rings is 1. The van der Waals surface area contributed by atoms with Crippen LogP contribution in [0.1, 0.15) is 44.6 Å². The number of carbonyl (C=O) groups excluding carboxylic acids is 1. The van der Waals surface area contributed by atoms with Crippen molar-refractivity contribution in [1.82, 2.24) is 15.5 Å². The van der Waals surface area contributed by atoms with Gasteiger partial charge in [-0.2, -0.15) is 0 Å². The van der Waals surface area contributed by atoms with Crippen molar-refractivity contribution < 1.29 is 14.3 Å². The average Bonchev–Trinajstić information content (AvgIpc) is 2.97. The third-order valence-corrected chi connectivity index (χ3v) is 5.60. The largest absolute Gasteiger partial charge is 0.490 e. The van der Waals surface area contributed by atoms with Crippen LogP contribution in [0.5, 0.6) is 11.5 Å². The second-order valence-electron chi connectivity index (χ2n) is 8.11. The molecule has 1 amide bonds. The highest BCUT2D eigenvalue weighted by Gasteiger charge is 2.22. The number of likely N-dealkylation sites (N-methyl/N-ethyl adjacent to an activating group) is 1. The van der Waals surface area contributed by atoms with E-state index in [2.05, 4.69) is 17.6 Å². The standard InChI is InChI=1S/C22H34N4O3/c1-16-8-4-5-10-18(16)25-22(24-15-20(27)26(2)3)23-14-17-9-6-11-19-21(17)29-13-7-12-28-19/h6,9,11,16,18H,4-5,7-8,10,12-15H2,1-3H3,(H2,23,24,25). The molecule has 1 aromatic rings. The van der Waals surface area contributed by atoms with E-state index in [0.717, 1.165) is 29.9 Å². The number of aliphatic imine (C=N–C) groups is 1. The minimum atomic E-state index is 0.0153. The second kappa shape index (κ2) is 10.4. The number of amides is 1. The predicted octanol–water partition coefficient (Wildman–Crippen LogP) is 2.55. The number of ether oxygens (including phenoxy) is 2. The molecule has 1 heterocycles. The van der Waals surface area contributed by atoms with Gasteiger partial charge in [0.15, 0.2) is 17.5 Å². The van der Waals surface area contributed by atoms with E-state index in [1.807, 2.05) is 18.2 Å². The van der Waals surface area contributed by atoms with Crippen LogP contribution in [0.3, 0.4) is 0 Å². The summed E-state index contributed by atoms with van der Waals surface area (Å²) >= 11 is 0. The summed E-state index contributed by atoms with van der Waals surface area (Å²) < 4.78 is 11.7. The highest BCUT2D eigenvalue weighted by Crippen LogP contribution is 2.33. The lowest BCUT2D eigenvalue weighted by molar-refractivity contribution is -0.127. The molecule has 0 aromatic heterocycles. The summed E-state index contributed by atoms with van der Waals surface area (Å²) in [5.41, 5.74) is 0.987. The first-order valence-corrected chi connectivity index (χ1v) is 10.7. The molecule has 29 heavy (non-hydrogen) atoms. The number of rotatable bonds is 5. The van der Waals surface area contributed by atoms with Gasteiger partial charge in [-0.3, -0.25) is 4.79 Å². The molecule has 7 nitrogen and oxygen atoms in total. The Balaban J connectivity index is 1.74.